The molecule has 0 aromatic heterocycles. The maximum atomic E-state index is 12.9. The Bertz CT molecular complexity index is 538. The first-order chi connectivity index (χ1) is 10.8. The lowest BCUT2D eigenvalue weighted by molar-refractivity contribution is -0.136. The van der Waals surface area contributed by atoms with Crippen LogP contribution in [0.15, 0.2) is 42.2 Å². The summed E-state index contributed by atoms with van der Waals surface area (Å²) in [5.74, 6) is 1.20. The molecule has 1 aromatic rings. The average molecular weight is 298 g/mol. The van der Waals surface area contributed by atoms with Crippen molar-refractivity contribution >= 4 is 5.78 Å². The zero-order chi connectivity index (χ0) is 15.4. The van der Waals surface area contributed by atoms with Gasteiger partial charge in [0.05, 0.1) is 5.41 Å². The van der Waals surface area contributed by atoms with Crippen molar-refractivity contribution in [3.05, 3.63) is 47.7 Å². The molecule has 3 rings (SSSR count). The molecule has 22 heavy (non-hydrogen) atoms. The number of benzene rings is 1. The molecule has 0 bridgehead atoms. The third-order valence-corrected chi connectivity index (χ3v) is 5.18. The molecule has 1 saturated carbocycles. The Hall–Kier alpha value is -1.57. The Morgan fingerprint density at radius 3 is 2.55 bits per heavy atom. The Kier molecular flexibility index (Phi) is 4.66. The topological polar surface area (TPSA) is 26.3 Å². The number of carbonyl (C=O) groups excluding carboxylic acids is 1. The smallest absolute Gasteiger partial charge is 0.169 e. The van der Waals surface area contributed by atoms with E-state index >= 15 is 0 Å². The van der Waals surface area contributed by atoms with Gasteiger partial charge in [0.2, 0.25) is 0 Å². The number of carbonyl (C=O) groups is 1. The molecule has 1 aliphatic heterocycles. The van der Waals surface area contributed by atoms with E-state index in [2.05, 4.69) is 19.1 Å². The van der Waals surface area contributed by atoms with Crippen LogP contribution in [0.1, 0.15) is 70.0 Å². The van der Waals surface area contributed by atoms with Crippen molar-refractivity contribution in [2.45, 2.75) is 64.4 Å². The Morgan fingerprint density at radius 2 is 1.86 bits per heavy atom. The molecule has 0 amide bonds. The molecule has 118 valence electrons. The maximum absolute atomic E-state index is 12.9. The van der Waals surface area contributed by atoms with Gasteiger partial charge in [-0.05, 0) is 24.8 Å². The second-order valence-corrected chi connectivity index (χ2v) is 6.70. The molecule has 0 saturated heterocycles. The lowest BCUT2D eigenvalue weighted by Gasteiger charge is -2.40. The highest BCUT2D eigenvalue weighted by Crippen LogP contribution is 2.53. The quantitative estimate of drug-likeness (QED) is 0.685. The summed E-state index contributed by atoms with van der Waals surface area (Å²) < 4.78 is 6.37. The Morgan fingerprint density at radius 1 is 1.14 bits per heavy atom. The van der Waals surface area contributed by atoms with Crippen LogP contribution in [0.4, 0.5) is 0 Å². The molecule has 0 N–H and O–H groups in total. The van der Waals surface area contributed by atoms with Gasteiger partial charge in [0.1, 0.15) is 11.9 Å². The zero-order valence-electron chi connectivity index (χ0n) is 13.5. The highest BCUT2D eigenvalue weighted by Gasteiger charge is 2.50. The van der Waals surface area contributed by atoms with Gasteiger partial charge in [0.15, 0.2) is 5.78 Å². The molecule has 1 aliphatic carbocycles. The van der Waals surface area contributed by atoms with Gasteiger partial charge in [-0.3, -0.25) is 4.79 Å². The lowest BCUT2D eigenvalue weighted by atomic mass is 9.72. The second-order valence-electron chi connectivity index (χ2n) is 6.70. The molecule has 2 aliphatic rings. The first-order valence-electron chi connectivity index (χ1n) is 8.73. The van der Waals surface area contributed by atoms with E-state index in [9.17, 15) is 4.79 Å². The summed E-state index contributed by atoms with van der Waals surface area (Å²) in [4.78, 5) is 12.9. The van der Waals surface area contributed by atoms with E-state index < -0.39 is 0 Å². The van der Waals surface area contributed by atoms with Gasteiger partial charge >= 0.3 is 0 Å². The summed E-state index contributed by atoms with van der Waals surface area (Å²) in [6.45, 7) is 2.20. The van der Waals surface area contributed by atoms with Gasteiger partial charge in [-0.15, -0.1) is 0 Å². The minimum atomic E-state index is -0.310. The fourth-order valence-electron chi connectivity index (χ4n) is 3.93. The van der Waals surface area contributed by atoms with Crippen molar-refractivity contribution in [2.75, 3.05) is 0 Å². The number of hydrogen-bond donors (Lipinski definition) is 0. The third-order valence-electron chi connectivity index (χ3n) is 5.18. The average Bonchev–Trinajstić information content (AvgIpc) is 3.02. The first-order valence-corrected chi connectivity index (χ1v) is 8.73. The standard InChI is InChI=1S/C20H26O2/c1-2-3-5-12-17-15-18(21)20(13-8-9-14-20)19(22-17)16-10-6-4-7-11-16/h4,6-7,10-11,15,19H,2-3,5,8-9,12-14H2,1H3. The highest BCUT2D eigenvalue weighted by atomic mass is 16.5. The Labute approximate surface area is 133 Å². The van der Waals surface area contributed by atoms with Gasteiger partial charge < -0.3 is 4.74 Å². The zero-order valence-corrected chi connectivity index (χ0v) is 13.5. The van der Waals surface area contributed by atoms with Gasteiger partial charge in [-0.1, -0.05) is 62.9 Å². The minimum absolute atomic E-state index is 0.0923. The predicted octanol–water partition coefficient (Wildman–Crippen LogP) is 5.35. The van der Waals surface area contributed by atoms with E-state index in [4.69, 9.17) is 4.74 Å². The third kappa shape index (κ3) is 2.84. The Balaban J connectivity index is 1.88. The normalized spacial score (nSPS) is 23.4. The summed E-state index contributed by atoms with van der Waals surface area (Å²) >= 11 is 0. The van der Waals surface area contributed by atoms with Crippen molar-refractivity contribution in [3.8, 4) is 0 Å². The number of ketones is 1. The van der Waals surface area contributed by atoms with Crippen molar-refractivity contribution in [1.29, 1.82) is 0 Å². The molecule has 2 heteroatoms. The maximum Gasteiger partial charge on any atom is 0.169 e. The van der Waals surface area contributed by atoms with E-state index in [-0.39, 0.29) is 11.5 Å². The molecular formula is C20H26O2. The van der Waals surface area contributed by atoms with Crippen LogP contribution in [0.3, 0.4) is 0 Å². The largest absolute Gasteiger partial charge is 0.489 e. The summed E-state index contributed by atoms with van der Waals surface area (Å²) in [5.41, 5.74) is 0.842. The van der Waals surface area contributed by atoms with E-state index in [1.54, 1.807) is 6.08 Å². The SMILES string of the molecule is CCCCCC1=CC(=O)C2(CCCC2)C(c2ccccc2)O1. The van der Waals surface area contributed by atoms with E-state index in [1.165, 1.54) is 12.8 Å². The van der Waals surface area contributed by atoms with Gasteiger partial charge in [-0.2, -0.15) is 0 Å². The molecule has 1 atom stereocenters. The van der Waals surface area contributed by atoms with Gasteiger partial charge in [0.25, 0.3) is 0 Å². The summed E-state index contributed by atoms with van der Waals surface area (Å²) in [6, 6.07) is 10.3. The van der Waals surface area contributed by atoms with Crippen molar-refractivity contribution in [1.82, 2.24) is 0 Å². The number of unbranched alkanes of at least 4 members (excludes halogenated alkanes) is 2. The molecule has 1 aromatic carbocycles. The van der Waals surface area contributed by atoms with E-state index in [1.807, 2.05) is 18.2 Å². The van der Waals surface area contributed by atoms with Crippen LogP contribution in [0.5, 0.6) is 0 Å². The fourth-order valence-corrected chi connectivity index (χ4v) is 3.93. The number of rotatable bonds is 5. The van der Waals surface area contributed by atoms with Crippen molar-refractivity contribution in [2.24, 2.45) is 5.41 Å². The van der Waals surface area contributed by atoms with Crippen molar-refractivity contribution < 1.29 is 9.53 Å². The molecule has 1 heterocycles. The second kappa shape index (κ2) is 6.68. The van der Waals surface area contributed by atoms with Crippen LogP contribution in [0, 0.1) is 5.41 Å². The van der Waals surface area contributed by atoms with E-state index in [0.29, 0.717) is 5.78 Å². The van der Waals surface area contributed by atoms with E-state index in [0.717, 1.165) is 49.8 Å². The van der Waals surface area contributed by atoms with Crippen LogP contribution in [-0.2, 0) is 9.53 Å². The first kappa shape index (κ1) is 15.3. The lowest BCUT2D eigenvalue weighted by Crippen LogP contribution is -2.38. The summed E-state index contributed by atoms with van der Waals surface area (Å²) in [7, 11) is 0. The van der Waals surface area contributed by atoms with Crippen LogP contribution in [0.25, 0.3) is 0 Å². The van der Waals surface area contributed by atoms with Crippen LogP contribution >= 0.6 is 0 Å². The highest BCUT2D eigenvalue weighted by molar-refractivity contribution is 5.96. The van der Waals surface area contributed by atoms with Crippen molar-refractivity contribution in [3.63, 3.8) is 0 Å². The molecule has 1 unspecified atom stereocenters. The van der Waals surface area contributed by atoms with Crippen LogP contribution in [0.2, 0.25) is 0 Å². The molecule has 2 nitrogen and oxygen atoms in total. The number of ether oxygens (including phenoxy) is 1. The summed E-state index contributed by atoms with van der Waals surface area (Å²) in [6.07, 6.45) is 10.3. The number of allylic oxidation sites excluding steroid dienone is 2. The van der Waals surface area contributed by atoms with Crippen LogP contribution in [-0.4, -0.2) is 5.78 Å². The molecule has 1 spiro atoms. The summed E-state index contributed by atoms with van der Waals surface area (Å²) in [5, 5.41) is 0. The van der Waals surface area contributed by atoms with Gasteiger partial charge in [0, 0.05) is 12.5 Å². The number of hydrogen-bond acceptors (Lipinski definition) is 2. The fraction of sp³-hybridized carbons (Fsp3) is 0.550. The monoisotopic (exact) mass is 298 g/mol. The van der Waals surface area contributed by atoms with Crippen LogP contribution < -0.4 is 0 Å². The molecule has 1 fully saturated rings. The molecule has 0 radical (unpaired) electrons. The minimum Gasteiger partial charge on any atom is -0.489 e. The molecular weight excluding hydrogens is 272 g/mol. The predicted molar refractivity (Wildman–Crippen MR) is 88.4 cm³/mol. The van der Waals surface area contributed by atoms with Gasteiger partial charge in [-0.25, -0.2) is 0 Å².